The Balaban J connectivity index is 2.22. The molecular formula is C11H18N4O2. The summed E-state index contributed by atoms with van der Waals surface area (Å²) in [6.07, 6.45) is 3.50. The van der Waals surface area contributed by atoms with E-state index in [2.05, 4.69) is 17.3 Å². The molecule has 1 fully saturated rings. The van der Waals surface area contributed by atoms with Gasteiger partial charge in [0, 0.05) is 20.6 Å². The van der Waals surface area contributed by atoms with Gasteiger partial charge >= 0.3 is 5.69 Å². The first-order valence-corrected chi connectivity index (χ1v) is 5.87. The Morgan fingerprint density at radius 1 is 1.35 bits per heavy atom. The van der Waals surface area contributed by atoms with Crippen LogP contribution in [0.2, 0.25) is 0 Å². The Kier molecular flexibility index (Phi) is 2.81. The van der Waals surface area contributed by atoms with Gasteiger partial charge in [-0.1, -0.05) is 6.92 Å². The minimum atomic E-state index is -0.405. The van der Waals surface area contributed by atoms with E-state index >= 15 is 0 Å². The summed E-state index contributed by atoms with van der Waals surface area (Å²) in [6.45, 7) is 2.91. The molecule has 6 heteroatoms. The molecular weight excluding hydrogens is 220 g/mol. The molecule has 1 N–H and O–H groups in total. The van der Waals surface area contributed by atoms with Gasteiger partial charge in [0.05, 0.1) is 0 Å². The van der Waals surface area contributed by atoms with Crippen LogP contribution in [0.3, 0.4) is 0 Å². The highest BCUT2D eigenvalue weighted by Gasteiger charge is 2.40. The maximum atomic E-state index is 11.8. The van der Waals surface area contributed by atoms with Crippen LogP contribution in [0.4, 0.5) is 5.82 Å². The third kappa shape index (κ3) is 2.11. The number of rotatable bonds is 4. The summed E-state index contributed by atoms with van der Waals surface area (Å²) >= 11 is 0. The maximum Gasteiger partial charge on any atom is 0.346 e. The zero-order valence-corrected chi connectivity index (χ0v) is 10.5. The zero-order valence-electron chi connectivity index (χ0n) is 10.5. The van der Waals surface area contributed by atoms with Crippen LogP contribution in [0.25, 0.3) is 0 Å². The van der Waals surface area contributed by atoms with E-state index in [0.717, 1.165) is 17.5 Å². The van der Waals surface area contributed by atoms with Crippen LogP contribution in [0.15, 0.2) is 9.59 Å². The number of nitrogens with one attached hydrogen (secondary N) is 1. The van der Waals surface area contributed by atoms with Crippen LogP contribution in [-0.2, 0) is 14.1 Å². The van der Waals surface area contributed by atoms with E-state index in [1.807, 2.05) is 0 Å². The van der Waals surface area contributed by atoms with Crippen molar-refractivity contribution in [1.29, 1.82) is 0 Å². The lowest BCUT2D eigenvalue weighted by Gasteiger charge is -2.14. The first-order valence-electron chi connectivity index (χ1n) is 5.87. The molecule has 1 aromatic heterocycles. The molecule has 1 saturated carbocycles. The molecule has 0 saturated heterocycles. The van der Waals surface area contributed by atoms with Gasteiger partial charge in [0.25, 0.3) is 5.56 Å². The summed E-state index contributed by atoms with van der Waals surface area (Å²) in [5.74, 6) is 0.259. The number of hydrogen-bond donors (Lipinski definition) is 1. The Morgan fingerprint density at radius 2 is 2.00 bits per heavy atom. The average Bonchev–Trinajstić information content (AvgIpc) is 3.10. The standard InChI is InChI=1S/C11H18N4O2/c1-4-11(5-6-11)7-12-8-9(16)14(2)10(17)15(3)13-8/h4-7H2,1-3H3,(H,12,13). The maximum absolute atomic E-state index is 11.8. The number of aromatic nitrogens is 3. The van der Waals surface area contributed by atoms with E-state index in [0.29, 0.717) is 5.41 Å². The number of aryl methyl sites for hydroxylation is 1. The highest BCUT2D eigenvalue weighted by atomic mass is 16.2. The lowest BCUT2D eigenvalue weighted by atomic mass is 10.0. The van der Waals surface area contributed by atoms with Crippen LogP contribution < -0.4 is 16.6 Å². The highest BCUT2D eigenvalue weighted by molar-refractivity contribution is 5.30. The van der Waals surface area contributed by atoms with Gasteiger partial charge in [0.15, 0.2) is 0 Å². The Bertz CT molecular complexity index is 539. The van der Waals surface area contributed by atoms with Crippen molar-refractivity contribution in [3.05, 3.63) is 20.8 Å². The van der Waals surface area contributed by atoms with E-state index in [-0.39, 0.29) is 11.4 Å². The topological polar surface area (TPSA) is 68.9 Å². The minimum absolute atomic E-state index is 0.259. The molecule has 2 rings (SSSR count). The van der Waals surface area contributed by atoms with Gasteiger partial charge in [-0.2, -0.15) is 0 Å². The van der Waals surface area contributed by atoms with Gasteiger partial charge in [0.2, 0.25) is 5.82 Å². The molecule has 0 amide bonds. The third-order valence-corrected chi connectivity index (χ3v) is 3.66. The summed E-state index contributed by atoms with van der Waals surface area (Å²) in [4.78, 5) is 23.2. The van der Waals surface area contributed by atoms with Crippen molar-refractivity contribution >= 4 is 5.82 Å². The smallest absolute Gasteiger partial charge is 0.346 e. The van der Waals surface area contributed by atoms with Crippen LogP contribution in [0.1, 0.15) is 26.2 Å². The predicted octanol–water partition coefficient (Wildman–Crippen LogP) is 0.0811. The van der Waals surface area contributed by atoms with Crippen molar-refractivity contribution in [2.75, 3.05) is 11.9 Å². The predicted molar refractivity (Wildman–Crippen MR) is 65.2 cm³/mol. The SMILES string of the molecule is CCC1(CNc2nn(C)c(=O)n(C)c2=O)CC1. The molecule has 94 valence electrons. The van der Waals surface area contributed by atoms with Crippen molar-refractivity contribution in [2.45, 2.75) is 26.2 Å². The molecule has 0 aliphatic heterocycles. The monoisotopic (exact) mass is 238 g/mol. The number of hydrogen-bond acceptors (Lipinski definition) is 4. The van der Waals surface area contributed by atoms with Crippen LogP contribution in [0.5, 0.6) is 0 Å². The summed E-state index contributed by atoms with van der Waals surface area (Å²) in [7, 11) is 3.00. The molecule has 0 spiro atoms. The van der Waals surface area contributed by atoms with Crippen LogP contribution in [-0.4, -0.2) is 20.9 Å². The van der Waals surface area contributed by atoms with Crippen molar-refractivity contribution in [2.24, 2.45) is 19.5 Å². The molecule has 1 aromatic rings. The fourth-order valence-corrected chi connectivity index (χ4v) is 1.91. The summed E-state index contributed by atoms with van der Waals surface area (Å²) in [6, 6.07) is 0. The summed E-state index contributed by atoms with van der Waals surface area (Å²) < 4.78 is 2.25. The summed E-state index contributed by atoms with van der Waals surface area (Å²) in [5.41, 5.74) is -0.432. The van der Waals surface area contributed by atoms with Crippen LogP contribution in [0, 0.1) is 5.41 Å². The second kappa shape index (κ2) is 4.01. The van der Waals surface area contributed by atoms with E-state index in [4.69, 9.17) is 0 Å². The van der Waals surface area contributed by atoms with E-state index in [1.165, 1.54) is 24.6 Å². The molecule has 0 radical (unpaired) electrons. The van der Waals surface area contributed by atoms with Gasteiger partial charge in [0.1, 0.15) is 0 Å². The first kappa shape index (κ1) is 11.9. The molecule has 1 aliphatic rings. The zero-order chi connectivity index (χ0) is 12.6. The number of nitrogens with zero attached hydrogens (tertiary/aromatic N) is 3. The lowest BCUT2D eigenvalue weighted by molar-refractivity contribution is 0.516. The first-order chi connectivity index (χ1) is 7.99. The van der Waals surface area contributed by atoms with Gasteiger partial charge in [-0.3, -0.25) is 9.36 Å². The quantitative estimate of drug-likeness (QED) is 0.806. The second-order valence-corrected chi connectivity index (χ2v) is 4.83. The van der Waals surface area contributed by atoms with Crippen molar-refractivity contribution in [3.8, 4) is 0 Å². The Hall–Kier alpha value is -1.59. The fraction of sp³-hybridized carbons (Fsp3) is 0.727. The van der Waals surface area contributed by atoms with Gasteiger partial charge < -0.3 is 5.32 Å². The average molecular weight is 238 g/mol. The van der Waals surface area contributed by atoms with E-state index < -0.39 is 5.69 Å². The highest BCUT2D eigenvalue weighted by Crippen LogP contribution is 2.48. The van der Waals surface area contributed by atoms with Crippen molar-refractivity contribution < 1.29 is 0 Å². The molecule has 17 heavy (non-hydrogen) atoms. The van der Waals surface area contributed by atoms with E-state index in [9.17, 15) is 9.59 Å². The summed E-state index contributed by atoms with van der Waals surface area (Å²) in [5, 5.41) is 7.03. The largest absolute Gasteiger partial charge is 0.363 e. The normalized spacial score (nSPS) is 16.9. The molecule has 0 aromatic carbocycles. The molecule has 0 unspecified atom stereocenters. The second-order valence-electron chi connectivity index (χ2n) is 4.83. The lowest BCUT2D eigenvalue weighted by Crippen LogP contribution is -2.40. The Morgan fingerprint density at radius 3 is 2.53 bits per heavy atom. The molecule has 0 atom stereocenters. The minimum Gasteiger partial charge on any atom is -0.363 e. The van der Waals surface area contributed by atoms with Gasteiger partial charge in [-0.05, 0) is 24.7 Å². The fourth-order valence-electron chi connectivity index (χ4n) is 1.91. The molecule has 1 heterocycles. The third-order valence-electron chi connectivity index (χ3n) is 3.66. The van der Waals surface area contributed by atoms with E-state index in [1.54, 1.807) is 7.05 Å². The van der Waals surface area contributed by atoms with Crippen LogP contribution >= 0.6 is 0 Å². The molecule has 1 aliphatic carbocycles. The van der Waals surface area contributed by atoms with Crippen molar-refractivity contribution in [1.82, 2.24) is 14.3 Å². The van der Waals surface area contributed by atoms with Crippen molar-refractivity contribution in [3.63, 3.8) is 0 Å². The number of anilines is 1. The van der Waals surface area contributed by atoms with Gasteiger partial charge in [-0.25, -0.2) is 9.48 Å². The molecule has 0 bridgehead atoms. The Labute approximate surface area is 99.3 Å². The molecule has 6 nitrogen and oxygen atoms in total. The van der Waals surface area contributed by atoms with Gasteiger partial charge in [-0.15, -0.1) is 5.10 Å².